The first-order valence-corrected chi connectivity index (χ1v) is 8.32. The number of alkyl halides is 3. The second-order valence-electron chi connectivity index (χ2n) is 6.33. The molecule has 3 heterocycles. The molecule has 0 aliphatic carbocycles. The maximum absolute atomic E-state index is 13.1. The van der Waals surface area contributed by atoms with Gasteiger partial charge in [0.15, 0.2) is 5.65 Å². The van der Waals surface area contributed by atoms with E-state index in [1.807, 2.05) is 25.1 Å². The molecule has 144 valence electrons. The second kappa shape index (κ2) is 6.63. The number of hydrogen-bond acceptors (Lipinski definition) is 5. The van der Waals surface area contributed by atoms with Gasteiger partial charge < -0.3 is 9.32 Å². The Morgan fingerprint density at radius 2 is 2.04 bits per heavy atom. The van der Waals surface area contributed by atoms with Gasteiger partial charge in [-0.3, -0.25) is 4.79 Å². The van der Waals surface area contributed by atoms with E-state index in [1.54, 1.807) is 12.1 Å². The number of benzene rings is 1. The maximum atomic E-state index is 13.1. The Kier molecular flexibility index (Phi) is 4.25. The molecule has 1 aromatic carbocycles. The molecular formula is C18H14F3N5O2. The number of aryl methyl sites for hydroxylation is 1. The van der Waals surface area contributed by atoms with Crippen molar-refractivity contribution in [2.45, 2.75) is 26.2 Å². The number of rotatable bonds is 4. The summed E-state index contributed by atoms with van der Waals surface area (Å²) in [6, 6.07) is 10.3. The van der Waals surface area contributed by atoms with Gasteiger partial charge in [-0.05, 0) is 41.1 Å². The number of aromatic nitrogens is 4. The first-order chi connectivity index (χ1) is 13.3. The van der Waals surface area contributed by atoms with Crippen LogP contribution >= 0.6 is 0 Å². The van der Waals surface area contributed by atoms with E-state index >= 15 is 0 Å². The Morgan fingerprint density at radius 1 is 1.21 bits per heavy atom. The van der Waals surface area contributed by atoms with Crippen LogP contribution in [0.2, 0.25) is 0 Å². The van der Waals surface area contributed by atoms with Gasteiger partial charge in [-0.2, -0.15) is 17.7 Å². The molecule has 4 rings (SSSR count). The van der Waals surface area contributed by atoms with E-state index in [-0.39, 0.29) is 18.8 Å². The minimum absolute atomic E-state index is 0.241. The fourth-order valence-electron chi connectivity index (χ4n) is 3.17. The molecule has 0 aliphatic rings. The third kappa shape index (κ3) is 3.17. The topological polar surface area (TPSA) is 76.5 Å². The zero-order chi connectivity index (χ0) is 19.9. The molecule has 0 spiro atoms. The first-order valence-electron chi connectivity index (χ1n) is 8.32. The predicted octanol–water partition coefficient (Wildman–Crippen LogP) is 3.27. The largest absolute Gasteiger partial charge is 0.471 e. The summed E-state index contributed by atoms with van der Waals surface area (Å²) < 4.78 is 46.0. The van der Waals surface area contributed by atoms with Crippen molar-refractivity contribution in [1.82, 2.24) is 24.9 Å². The summed E-state index contributed by atoms with van der Waals surface area (Å²) in [5, 5.41) is 12.3. The highest BCUT2D eigenvalue weighted by atomic mass is 19.4. The number of hydrogen-bond donors (Lipinski definition) is 0. The molecule has 3 aromatic heterocycles. The number of para-hydroxylation sites is 1. The molecule has 28 heavy (non-hydrogen) atoms. The van der Waals surface area contributed by atoms with Crippen molar-refractivity contribution in [3.8, 4) is 0 Å². The van der Waals surface area contributed by atoms with Crippen LogP contribution < -0.4 is 0 Å². The third-order valence-electron chi connectivity index (χ3n) is 4.38. The third-order valence-corrected chi connectivity index (χ3v) is 4.38. The lowest BCUT2D eigenvalue weighted by Gasteiger charge is -2.23. The molecule has 0 saturated carbocycles. The van der Waals surface area contributed by atoms with Crippen LogP contribution in [0.1, 0.15) is 16.9 Å². The molecule has 0 radical (unpaired) electrons. The fourth-order valence-corrected chi connectivity index (χ4v) is 3.17. The van der Waals surface area contributed by atoms with Gasteiger partial charge in [-0.15, -0.1) is 5.10 Å². The Bertz CT molecular complexity index is 1150. The van der Waals surface area contributed by atoms with Crippen LogP contribution in [0.3, 0.4) is 0 Å². The van der Waals surface area contributed by atoms with Crippen molar-refractivity contribution in [1.29, 1.82) is 0 Å². The number of nitrogens with zero attached hydrogens (tertiary/aromatic N) is 5. The van der Waals surface area contributed by atoms with Crippen molar-refractivity contribution in [2.24, 2.45) is 0 Å². The lowest BCUT2D eigenvalue weighted by molar-refractivity contribution is -0.187. The van der Waals surface area contributed by atoms with Crippen molar-refractivity contribution in [3.05, 3.63) is 59.5 Å². The summed E-state index contributed by atoms with van der Waals surface area (Å²) in [6.07, 6.45) is -3.67. The number of amides is 1. The molecule has 0 unspecified atom stereocenters. The number of tetrazole rings is 1. The van der Waals surface area contributed by atoms with Crippen LogP contribution in [0, 0.1) is 6.92 Å². The van der Waals surface area contributed by atoms with Crippen molar-refractivity contribution in [3.63, 3.8) is 0 Å². The highest BCUT2D eigenvalue weighted by Crippen LogP contribution is 2.26. The van der Waals surface area contributed by atoms with Crippen LogP contribution in [0.25, 0.3) is 16.6 Å². The van der Waals surface area contributed by atoms with Crippen LogP contribution in [0.4, 0.5) is 13.2 Å². The lowest BCUT2D eigenvalue weighted by atomic mass is 10.1. The number of pyridine rings is 1. The summed E-state index contributed by atoms with van der Waals surface area (Å²) >= 11 is 0. The molecular weight excluding hydrogens is 375 g/mol. The molecule has 0 atom stereocenters. The first kappa shape index (κ1) is 18.0. The summed E-state index contributed by atoms with van der Waals surface area (Å²) in [7, 11) is 0. The Hall–Kier alpha value is -3.43. The molecule has 0 saturated heterocycles. The molecule has 0 N–H and O–H groups in total. The van der Waals surface area contributed by atoms with Crippen LogP contribution in [0.15, 0.2) is 47.1 Å². The molecule has 7 nitrogen and oxygen atoms in total. The lowest BCUT2D eigenvalue weighted by Crippen LogP contribution is -2.40. The number of carbonyl (C=O) groups is 1. The Balaban J connectivity index is 1.80. The van der Waals surface area contributed by atoms with Gasteiger partial charge in [-0.1, -0.05) is 18.2 Å². The smallest absolute Gasteiger partial charge is 0.467 e. The average molecular weight is 389 g/mol. The normalized spacial score (nSPS) is 12.0. The SMILES string of the molecule is Cc1cccc2cc(CN(Cc3ccco3)C(=O)C(F)(F)F)c3nnnn3c12. The van der Waals surface area contributed by atoms with Gasteiger partial charge in [0.2, 0.25) is 0 Å². The summed E-state index contributed by atoms with van der Waals surface area (Å²) in [5.41, 5.74) is 2.36. The van der Waals surface area contributed by atoms with E-state index in [9.17, 15) is 18.0 Å². The highest BCUT2D eigenvalue weighted by Gasteiger charge is 2.43. The Labute approximate surface area is 156 Å². The Morgan fingerprint density at radius 3 is 2.75 bits per heavy atom. The minimum atomic E-state index is -5.01. The predicted molar refractivity (Wildman–Crippen MR) is 92.0 cm³/mol. The maximum Gasteiger partial charge on any atom is 0.471 e. The van der Waals surface area contributed by atoms with E-state index in [4.69, 9.17) is 4.42 Å². The van der Waals surface area contributed by atoms with Gasteiger partial charge in [0.25, 0.3) is 0 Å². The molecule has 1 amide bonds. The number of halogens is 3. The van der Waals surface area contributed by atoms with Crippen molar-refractivity contribution in [2.75, 3.05) is 0 Å². The fraction of sp³-hybridized carbons (Fsp3) is 0.222. The molecule has 0 aliphatic heterocycles. The molecule has 0 bridgehead atoms. The highest BCUT2D eigenvalue weighted by molar-refractivity contribution is 5.86. The van der Waals surface area contributed by atoms with Gasteiger partial charge in [0, 0.05) is 10.9 Å². The van der Waals surface area contributed by atoms with E-state index < -0.39 is 12.1 Å². The monoisotopic (exact) mass is 389 g/mol. The summed E-state index contributed by atoms with van der Waals surface area (Å²) in [5.74, 6) is -1.72. The van der Waals surface area contributed by atoms with Gasteiger partial charge in [-0.25, -0.2) is 0 Å². The quantitative estimate of drug-likeness (QED) is 0.535. The number of fused-ring (bicyclic) bond motifs is 3. The van der Waals surface area contributed by atoms with Crippen LogP contribution in [-0.4, -0.2) is 37.0 Å². The molecule has 0 fully saturated rings. The van der Waals surface area contributed by atoms with Crippen LogP contribution in [-0.2, 0) is 17.9 Å². The zero-order valence-corrected chi connectivity index (χ0v) is 14.6. The number of carbonyl (C=O) groups excluding carboxylic acids is 1. The second-order valence-corrected chi connectivity index (χ2v) is 6.33. The summed E-state index contributed by atoms with van der Waals surface area (Å²) in [4.78, 5) is 12.7. The van der Waals surface area contributed by atoms with Gasteiger partial charge >= 0.3 is 12.1 Å². The van der Waals surface area contributed by atoms with Crippen LogP contribution in [0.5, 0.6) is 0 Å². The molecule has 10 heteroatoms. The van der Waals surface area contributed by atoms with Crippen molar-refractivity contribution >= 4 is 22.5 Å². The van der Waals surface area contributed by atoms with E-state index in [1.165, 1.54) is 16.8 Å². The standard InChI is InChI=1S/C18H14F3N5O2/c1-11-4-2-5-12-8-13(16-22-23-24-26(16)15(11)12)9-25(17(27)18(19,20)21)10-14-6-3-7-28-14/h2-8H,9-10H2,1H3. The van der Waals surface area contributed by atoms with Gasteiger partial charge in [0.05, 0.1) is 24.9 Å². The van der Waals surface area contributed by atoms with E-state index in [0.29, 0.717) is 16.1 Å². The van der Waals surface area contributed by atoms with E-state index in [2.05, 4.69) is 15.5 Å². The average Bonchev–Trinajstić information content (AvgIpc) is 3.31. The summed E-state index contributed by atoms with van der Waals surface area (Å²) in [6.45, 7) is 1.23. The van der Waals surface area contributed by atoms with Gasteiger partial charge in [0.1, 0.15) is 5.76 Å². The minimum Gasteiger partial charge on any atom is -0.467 e. The zero-order valence-electron chi connectivity index (χ0n) is 14.6. The number of furan rings is 1. The molecule has 4 aromatic rings. The van der Waals surface area contributed by atoms with Crippen molar-refractivity contribution < 1.29 is 22.4 Å². The van der Waals surface area contributed by atoms with E-state index in [0.717, 1.165) is 16.5 Å².